The largest absolute Gasteiger partial charge is 0.382 e. The van der Waals surface area contributed by atoms with Crippen LogP contribution < -0.4 is 4.90 Å². The van der Waals surface area contributed by atoms with Crippen LogP contribution in [-0.2, 0) is 30.5 Å². The van der Waals surface area contributed by atoms with Crippen molar-refractivity contribution in [1.82, 2.24) is 4.98 Å². The molecule has 3 heterocycles. The van der Waals surface area contributed by atoms with E-state index in [0.29, 0.717) is 30.2 Å². The van der Waals surface area contributed by atoms with Gasteiger partial charge >= 0.3 is 0 Å². The van der Waals surface area contributed by atoms with E-state index in [9.17, 15) is 14.4 Å². The molecule has 1 aliphatic rings. The van der Waals surface area contributed by atoms with E-state index in [-0.39, 0.29) is 12.4 Å². The Balaban J connectivity index is 1.78. The molecule has 1 amide bonds. The predicted molar refractivity (Wildman–Crippen MR) is 139 cm³/mol. The van der Waals surface area contributed by atoms with E-state index in [2.05, 4.69) is 4.98 Å². The fourth-order valence-corrected chi connectivity index (χ4v) is 5.06. The van der Waals surface area contributed by atoms with Crippen LogP contribution in [0.3, 0.4) is 0 Å². The number of rotatable bonds is 9. The Morgan fingerprint density at radius 2 is 1.81 bits per heavy atom. The zero-order chi connectivity index (χ0) is 25.9. The highest BCUT2D eigenvalue weighted by molar-refractivity contribution is 7.08. The van der Waals surface area contributed by atoms with Crippen molar-refractivity contribution in [2.24, 2.45) is 11.3 Å². The van der Waals surface area contributed by atoms with Crippen LogP contribution in [0.25, 0.3) is 11.1 Å². The van der Waals surface area contributed by atoms with E-state index >= 15 is 0 Å². The zero-order valence-electron chi connectivity index (χ0n) is 20.9. The van der Waals surface area contributed by atoms with Gasteiger partial charge in [-0.3, -0.25) is 24.3 Å². The minimum atomic E-state index is -1.14. The summed E-state index contributed by atoms with van der Waals surface area (Å²) in [4.78, 5) is 46.2. The van der Waals surface area contributed by atoms with E-state index in [1.54, 1.807) is 51.5 Å². The smallest absolute Gasteiger partial charge is 0.295 e. The average molecular weight is 507 g/mol. The highest BCUT2D eigenvalue weighted by Gasteiger charge is 2.54. The van der Waals surface area contributed by atoms with E-state index in [0.717, 1.165) is 11.1 Å². The maximum absolute atomic E-state index is 13.5. The summed E-state index contributed by atoms with van der Waals surface area (Å²) in [5.41, 5.74) is 3.03. The second kappa shape index (κ2) is 10.8. The van der Waals surface area contributed by atoms with E-state index < -0.39 is 29.1 Å². The maximum atomic E-state index is 13.5. The number of Topliss-reactive ketones (excluding diaryl/α,β-unsaturated/α-hetero) is 2. The highest BCUT2D eigenvalue weighted by atomic mass is 32.1. The van der Waals surface area contributed by atoms with Gasteiger partial charge in [-0.15, -0.1) is 0 Å². The van der Waals surface area contributed by atoms with Gasteiger partial charge in [0.25, 0.3) is 5.91 Å². The average Bonchev–Trinajstić information content (AvgIpc) is 3.49. The molecule has 4 rings (SSSR count). The molecule has 7 nitrogen and oxygen atoms in total. The fourth-order valence-electron chi connectivity index (χ4n) is 4.39. The number of pyridine rings is 1. The molecule has 2 aromatic heterocycles. The number of carbonyl (C=O) groups is 3. The van der Waals surface area contributed by atoms with Crippen LogP contribution >= 0.6 is 11.3 Å². The first kappa shape index (κ1) is 25.9. The number of hydrogen-bond acceptors (Lipinski definition) is 7. The molecular weight excluding hydrogens is 476 g/mol. The molecule has 2 atom stereocenters. The standard InChI is InChI=1S/C28H30N2O5S/c1-28(2,3)26(32)23-24(21-6-5-12-29-22(21)16-35-14-13-34-4)30(27(33)25(23)31)20-9-7-18(8-10-20)19-11-15-36-17-19/h5-12,15,17,23-24H,13-14,16H2,1-4H3. The molecule has 0 N–H and O–H groups in total. The van der Waals surface area contributed by atoms with Gasteiger partial charge in [-0.25, -0.2) is 0 Å². The Labute approximate surface area is 215 Å². The van der Waals surface area contributed by atoms with Crippen LogP contribution in [-0.4, -0.2) is 42.8 Å². The summed E-state index contributed by atoms with van der Waals surface area (Å²) in [6.45, 7) is 6.25. The number of carbonyl (C=O) groups excluding carboxylic acids is 3. The highest BCUT2D eigenvalue weighted by Crippen LogP contribution is 2.44. The first-order valence-electron chi connectivity index (χ1n) is 11.8. The molecular formula is C28H30N2O5S. The summed E-state index contributed by atoms with van der Waals surface area (Å²) in [6.07, 6.45) is 1.64. The predicted octanol–water partition coefficient (Wildman–Crippen LogP) is 4.86. The van der Waals surface area contributed by atoms with Crippen LogP contribution in [0, 0.1) is 11.3 Å². The minimum Gasteiger partial charge on any atom is -0.382 e. The number of methoxy groups -OCH3 is 1. The van der Waals surface area contributed by atoms with E-state index in [1.165, 1.54) is 4.90 Å². The quantitative estimate of drug-likeness (QED) is 0.234. The first-order valence-corrected chi connectivity index (χ1v) is 12.7. The van der Waals surface area contributed by atoms with Crippen LogP contribution in [0.4, 0.5) is 5.69 Å². The molecule has 3 aromatic rings. The lowest BCUT2D eigenvalue weighted by Gasteiger charge is -2.31. The Morgan fingerprint density at radius 1 is 1.06 bits per heavy atom. The van der Waals surface area contributed by atoms with E-state index in [4.69, 9.17) is 9.47 Å². The molecule has 188 valence electrons. The van der Waals surface area contributed by atoms with Gasteiger partial charge in [0.2, 0.25) is 5.78 Å². The van der Waals surface area contributed by atoms with Gasteiger partial charge in [-0.05, 0) is 46.2 Å². The number of ketones is 2. The van der Waals surface area contributed by atoms with Gasteiger partial charge in [0.05, 0.1) is 31.6 Å². The van der Waals surface area contributed by atoms with Gasteiger partial charge in [0.15, 0.2) is 5.78 Å². The lowest BCUT2D eigenvalue weighted by Crippen LogP contribution is -2.36. The summed E-state index contributed by atoms with van der Waals surface area (Å²) >= 11 is 1.61. The van der Waals surface area contributed by atoms with Crippen molar-refractivity contribution in [1.29, 1.82) is 0 Å². The van der Waals surface area contributed by atoms with Crippen molar-refractivity contribution in [3.63, 3.8) is 0 Å². The van der Waals surface area contributed by atoms with Crippen molar-refractivity contribution in [2.75, 3.05) is 25.2 Å². The summed E-state index contributed by atoms with van der Waals surface area (Å²) in [7, 11) is 1.59. The second-order valence-electron chi connectivity index (χ2n) is 9.72. The van der Waals surface area contributed by atoms with Gasteiger partial charge in [-0.2, -0.15) is 11.3 Å². The first-order chi connectivity index (χ1) is 17.2. The Bertz CT molecular complexity index is 1230. The number of hydrogen-bond donors (Lipinski definition) is 0. The fraction of sp³-hybridized carbons (Fsp3) is 0.357. The normalized spacial score (nSPS) is 18.2. The van der Waals surface area contributed by atoms with Crippen LogP contribution in [0.15, 0.2) is 59.4 Å². The molecule has 8 heteroatoms. The lowest BCUT2D eigenvalue weighted by atomic mass is 9.77. The van der Waals surface area contributed by atoms with Crippen molar-refractivity contribution < 1.29 is 23.9 Å². The monoisotopic (exact) mass is 506 g/mol. The van der Waals surface area contributed by atoms with Crippen molar-refractivity contribution in [2.45, 2.75) is 33.4 Å². The van der Waals surface area contributed by atoms with Gasteiger partial charge in [0, 0.05) is 30.0 Å². The molecule has 1 saturated heterocycles. The third-order valence-corrected chi connectivity index (χ3v) is 6.93. The number of nitrogens with zero attached hydrogens (tertiary/aromatic N) is 2. The number of anilines is 1. The van der Waals surface area contributed by atoms with E-state index in [1.807, 2.05) is 47.2 Å². The number of thiophene rings is 1. The number of ether oxygens (including phenoxy) is 2. The van der Waals surface area contributed by atoms with Crippen molar-refractivity contribution in [3.8, 4) is 11.1 Å². The Morgan fingerprint density at radius 3 is 2.44 bits per heavy atom. The van der Waals surface area contributed by atoms with Crippen molar-refractivity contribution >= 4 is 34.5 Å². The number of amides is 1. The second-order valence-corrected chi connectivity index (χ2v) is 10.5. The summed E-state index contributed by atoms with van der Waals surface area (Å²) in [5.74, 6) is -2.81. The molecule has 0 radical (unpaired) electrons. The molecule has 36 heavy (non-hydrogen) atoms. The van der Waals surface area contributed by atoms with Gasteiger partial charge in [0.1, 0.15) is 5.92 Å². The molecule has 0 saturated carbocycles. The molecule has 0 bridgehead atoms. The van der Waals surface area contributed by atoms with Crippen LogP contribution in [0.1, 0.15) is 38.1 Å². The maximum Gasteiger partial charge on any atom is 0.295 e. The summed E-state index contributed by atoms with van der Waals surface area (Å²) in [6, 6.07) is 12.2. The topological polar surface area (TPSA) is 85.8 Å². The minimum absolute atomic E-state index is 0.166. The van der Waals surface area contributed by atoms with Gasteiger partial charge in [-0.1, -0.05) is 39.0 Å². The molecule has 2 unspecified atom stereocenters. The van der Waals surface area contributed by atoms with Gasteiger partial charge < -0.3 is 9.47 Å². The third kappa shape index (κ3) is 5.16. The number of benzene rings is 1. The van der Waals surface area contributed by atoms with Crippen LogP contribution in [0.5, 0.6) is 0 Å². The summed E-state index contributed by atoms with van der Waals surface area (Å²) < 4.78 is 10.8. The molecule has 0 spiro atoms. The number of aromatic nitrogens is 1. The SMILES string of the molecule is COCCOCc1ncccc1C1C(C(=O)C(C)(C)C)C(=O)C(=O)N1c1ccc(-c2ccsc2)cc1. The Hall–Kier alpha value is -3.20. The third-order valence-electron chi connectivity index (χ3n) is 6.24. The van der Waals surface area contributed by atoms with Crippen molar-refractivity contribution in [3.05, 3.63) is 70.7 Å². The molecule has 1 aliphatic heterocycles. The summed E-state index contributed by atoms with van der Waals surface area (Å²) in [5, 5.41) is 4.05. The molecule has 1 fully saturated rings. The zero-order valence-corrected chi connectivity index (χ0v) is 21.7. The molecule has 1 aromatic carbocycles. The molecule has 0 aliphatic carbocycles. The Kier molecular flexibility index (Phi) is 7.78. The lowest BCUT2D eigenvalue weighted by molar-refractivity contribution is -0.141. The van der Waals surface area contributed by atoms with Crippen LogP contribution in [0.2, 0.25) is 0 Å².